The average molecular weight is 293 g/mol. The highest BCUT2D eigenvalue weighted by Crippen LogP contribution is 2.25. The van der Waals surface area contributed by atoms with Crippen LogP contribution in [0.15, 0.2) is 35.7 Å². The van der Waals surface area contributed by atoms with Gasteiger partial charge in [-0.05, 0) is 13.0 Å². The first-order chi connectivity index (χ1) is 9.58. The number of hydrogen-bond donors (Lipinski definition) is 2. The third kappa shape index (κ3) is 3.32. The highest BCUT2D eigenvalue weighted by atomic mass is 32.2. The molecule has 0 aliphatic heterocycles. The summed E-state index contributed by atoms with van der Waals surface area (Å²) in [5.41, 5.74) is 0.0326. The molecule has 2 N–H and O–H groups in total. The van der Waals surface area contributed by atoms with Crippen molar-refractivity contribution in [2.75, 3.05) is 5.32 Å². The maximum Gasteiger partial charge on any atom is 0.292 e. The van der Waals surface area contributed by atoms with Crippen molar-refractivity contribution in [1.82, 2.24) is 15.2 Å². The van der Waals surface area contributed by atoms with Crippen LogP contribution in [0.2, 0.25) is 0 Å². The number of nitro benzene ring substituents is 1. The number of rotatable bonds is 5. The fourth-order valence-corrected chi connectivity index (χ4v) is 2.16. The normalized spacial score (nSPS) is 11.8. The van der Waals surface area contributed by atoms with E-state index in [1.54, 1.807) is 19.1 Å². The van der Waals surface area contributed by atoms with E-state index in [1.807, 2.05) is 0 Å². The molecular formula is C11H11N5O3S. The molecule has 0 radical (unpaired) electrons. The zero-order chi connectivity index (χ0) is 14.5. The maximum absolute atomic E-state index is 12.0. The molecule has 0 saturated heterocycles. The fraction of sp³-hybridized carbons (Fsp3) is 0.182. The lowest BCUT2D eigenvalue weighted by atomic mass is 10.2. The first-order valence-electron chi connectivity index (χ1n) is 5.64. The van der Waals surface area contributed by atoms with E-state index in [2.05, 4.69) is 20.5 Å². The SMILES string of the molecule is C[C@H](Sc1ncn[nH]1)C(=O)Nc1ccccc1[N+](=O)[O-]. The van der Waals surface area contributed by atoms with Crippen LogP contribution >= 0.6 is 11.8 Å². The average Bonchev–Trinajstić information content (AvgIpc) is 2.91. The van der Waals surface area contributed by atoms with Gasteiger partial charge in [0.1, 0.15) is 12.0 Å². The van der Waals surface area contributed by atoms with Gasteiger partial charge in [0.25, 0.3) is 5.69 Å². The monoisotopic (exact) mass is 293 g/mol. The molecule has 20 heavy (non-hydrogen) atoms. The molecule has 0 aliphatic carbocycles. The number of aromatic amines is 1. The van der Waals surface area contributed by atoms with Crippen molar-refractivity contribution in [2.45, 2.75) is 17.3 Å². The standard InChI is InChI=1S/C11H11N5O3S/c1-7(20-11-12-6-13-15-11)10(17)14-8-4-2-3-5-9(8)16(18)19/h2-7H,1H3,(H,14,17)(H,12,13,15)/t7-/m0/s1. The topological polar surface area (TPSA) is 114 Å². The number of thioether (sulfide) groups is 1. The van der Waals surface area contributed by atoms with Crippen LogP contribution in [-0.4, -0.2) is 31.3 Å². The Morgan fingerprint density at radius 3 is 2.90 bits per heavy atom. The Labute approximate surface area is 118 Å². The molecule has 9 heteroatoms. The van der Waals surface area contributed by atoms with Crippen molar-refractivity contribution in [3.8, 4) is 0 Å². The van der Waals surface area contributed by atoms with Gasteiger partial charge in [-0.1, -0.05) is 23.9 Å². The number of carbonyl (C=O) groups is 1. The van der Waals surface area contributed by atoms with Crippen LogP contribution in [0.3, 0.4) is 0 Å². The molecule has 1 aromatic heterocycles. The van der Waals surface area contributed by atoms with Gasteiger partial charge in [0.15, 0.2) is 5.16 Å². The molecule has 0 aliphatic rings. The fourth-order valence-electron chi connectivity index (χ4n) is 1.44. The third-order valence-corrected chi connectivity index (χ3v) is 3.40. The summed E-state index contributed by atoms with van der Waals surface area (Å²) < 4.78 is 0. The smallest absolute Gasteiger partial charge is 0.292 e. The lowest BCUT2D eigenvalue weighted by Gasteiger charge is -2.10. The van der Waals surface area contributed by atoms with E-state index in [4.69, 9.17) is 0 Å². The minimum Gasteiger partial charge on any atom is -0.319 e. The van der Waals surface area contributed by atoms with Crippen molar-refractivity contribution >= 4 is 29.0 Å². The van der Waals surface area contributed by atoms with Crippen molar-refractivity contribution in [3.63, 3.8) is 0 Å². The van der Waals surface area contributed by atoms with E-state index in [0.717, 1.165) is 0 Å². The number of anilines is 1. The summed E-state index contributed by atoms with van der Waals surface area (Å²) in [5, 5.41) is 19.7. The summed E-state index contributed by atoms with van der Waals surface area (Å²) in [7, 11) is 0. The van der Waals surface area contributed by atoms with Crippen LogP contribution in [0.1, 0.15) is 6.92 Å². The van der Waals surface area contributed by atoms with Gasteiger partial charge in [-0.15, -0.1) is 0 Å². The van der Waals surface area contributed by atoms with Gasteiger partial charge >= 0.3 is 0 Å². The molecule has 0 spiro atoms. The second kappa shape index (κ2) is 6.15. The van der Waals surface area contributed by atoms with Crippen LogP contribution in [0.4, 0.5) is 11.4 Å². The minimum atomic E-state index is -0.538. The van der Waals surface area contributed by atoms with Crippen molar-refractivity contribution in [2.24, 2.45) is 0 Å². The number of aromatic nitrogens is 3. The Kier molecular flexibility index (Phi) is 4.31. The number of nitro groups is 1. The van der Waals surface area contributed by atoms with Crippen LogP contribution in [0.5, 0.6) is 0 Å². The number of H-pyrrole nitrogens is 1. The molecule has 104 valence electrons. The third-order valence-electron chi connectivity index (χ3n) is 2.41. The van der Waals surface area contributed by atoms with E-state index < -0.39 is 10.2 Å². The second-order valence-electron chi connectivity index (χ2n) is 3.81. The Balaban J connectivity index is 2.06. The Hall–Kier alpha value is -2.42. The number of benzene rings is 1. The van der Waals surface area contributed by atoms with Gasteiger partial charge in [0.05, 0.1) is 10.2 Å². The lowest BCUT2D eigenvalue weighted by Crippen LogP contribution is -2.23. The van der Waals surface area contributed by atoms with Gasteiger partial charge in [0.2, 0.25) is 5.91 Å². The molecule has 2 aromatic rings. The van der Waals surface area contributed by atoms with Crippen molar-refractivity contribution in [3.05, 3.63) is 40.7 Å². The Morgan fingerprint density at radius 2 is 2.25 bits per heavy atom. The highest BCUT2D eigenvalue weighted by molar-refractivity contribution is 8.00. The van der Waals surface area contributed by atoms with Crippen LogP contribution in [0.25, 0.3) is 0 Å². The molecular weight excluding hydrogens is 282 g/mol. The molecule has 0 unspecified atom stereocenters. The molecule has 8 nitrogen and oxygen atoms in total. The predicted molar refractivity (Wildman–Crippen MR) is 73.4 cm³/mol. The number of nitrogens with one attached hydrogen (secondary N) is 2. The molecule has 0 saturated carbocycles. The first kappa shape index (κ1) is 14.0. The number of nitrogens with zero attached hydrogens (tertiary/aromatic N) is 3. The number of carbonyl (C=O) groups excluding carboxylic acids is 1. The van der Waals surface area contributed by atoms with Gasteiger partial charge in [-0.3, -0.25) is 20.0 Å². The lowest BCUT2D eigenvalue weighted by molar-refractivity contribution is -0.383. The minimum absolute atomic E-state index is 0.141. The summed E-state index contributed by atoms with van der Waals surface area (Å²) in [6, 6.07) is 5.99. The second-order valence-corrected chi connectivity index (χ2v) is 5.14. The zero-order valence-electron chi connectivity index (χ0n) is 10.4. The summed E-state index contributed by atoms with van der Waals surface area (Å²) in [4.78, 5) is 26.2. The number of para-hydroxylation sites is 2. The van der Waals surface area contributed by atoms with E-state index in [0.29, 0.717) is 5.16 Å². The number of hydrogen-bond acceptors (Lipinski definition) is 6. The van der Waals surface area contributed by atoms with Gasteiger partial charge in [-0.25, -0.2) is 4.98 Å². The molecule has 1 amide bonds. The zero-order valence-corrected chi connectivity index (χ0v) is 11.3. The summed E-state index contributed by atoms with van der Waals surface area (Å²) in [6.45, 7) is 1.68. The molecule has 1 heterocycles. The van der Waals surface area contributed by atoms with Crippen LogP contribution in [-0.2, 0) is 4.79 Å². The van der Waals surface area contributed by atoms with Gasteiger partial charge < -0.3 is 5.32 Å². The molecule has 1 atom stereocenters. The molecule has 2 rings (SSSR count). The van der Waals surface area contributed by atoms with Crippen LogP contribution < -0.4 is 5.32 Å². The van der Waals surface area contributed by atoms with E-state index in [9.17, 15) is 14.9 Å². The largest absolute Gasteiger partial charge is 0.319 e. The molecule has 0 fully saturated rings. The molecule has 0 bridgehead atoms. The van der Waals surface area contributed by atoms with E-state index in [-0.39, 0.29) is 17.3 Å². The quantitative estimate of drug-likeness (QED) is 0.494. The maximum atomic E-state index is 12.0. The van der Waals surface area contributed by atoms with E-state index in [1.165, 1.54) is 30.2 Å². The predicted octanol–water partition coefficient (Wildman–Crippen LogP) is 1.83. The van der Waals surface area contributed by atoms with Gasteiger partial charge in [-0.2, -0.15) is 5.10 Å². The Morgan fingerprint density at radius 1 is 1.50 bits per heavy atom. The van der Waals surface area contributed by atoms with E-state index >= 15 is 0 Å². The van der Waals surface area contributed by atoms with Crippen LogP contribution in [0, 0.1) is 10.1 Å². The molecule has 1 aromatic carbocycles. The highest BCUT2D eigenvalue weighted by Gasteiger charge is 2.20. The summed E-state index contributed by atoms with van der Waals surface area (Å²) in [6.07, 6.45) is 1.34. The number of amides is 1. The van der Waals surface area contributed by atoms with Gasteiger partial charge in [0, 0.05) is 6.07 Å². The Bertz CT molecular complexity index is 616. The summed E-state index contributed by atoms with van der Waals surface area (Å²) >= 11 is 1.18. The van der Waals surface area contributed by atoms with Crippen molar-refractivity contribution < 1.29 is 9.72 Å². The van der Waals surface area contributed by atoms with Crippen molar-refractivity contribution in [1.29, 1.82) is 0 Å². The summed E-state index contributed by atoms with van der Waals surface area (Å²) in [5.74, 6) is -0.347. The first-order valence-corrected chi connectivity index (χ1v) is 6.52.